The van der Waals surface area contributed by atoms with Crippen molar-refractivity contribution in [3.63, 3.8) is 0 Å². The predicted molar refractivity (Wildman–Crippen MR) is 59.8 cm³/mol. The summed E-state index contributed by atoms with van der Waals surface area (Å²) in [5.74, 6) is 0.655. The molecule has 1 saturated heterocycles. The second-order valence-corrected chi connectivity index (χ2v) is 4.88. The van der Waals surface area contributed by atoms with Crippen LogP contribution in [0.2, 0.25) is 0 Å². The molecule has 0 aromatic heterocycles. The summed E-state index contributed by atoms with van der Waals surface area (Å²) in [7, 11) is 0. The number of rotatable bonds is 4. The third-order valence-corrected chi connectivity index (χ3v) is 3.87. The molecule has 0 radical (unpaired) electrons. The van der Waals surface area contributed by atoms with Gasteiger partial charge in [0.1, 0.15) is 0 Å². The molecule has 15 heavy (non-hydrogen) atoms. The Hall–Kier alpha value is -0.120. The average molecular weight is 213 g/mol. The van der Waals surface area contributed by atoms with Gasteiger partial charge >= 0.3 is 0 Å². The highest BCUT2D eigenvalue weighted by Crippen LogP contribution is 2.24. The van der Waals surface area contributed by atoms with E-state index >= 15 is 0 Å². The first-order chi connectivity index (χ1) is 7.31. The fourth-order valence-corrected chi connectivity index (χ4v) is 2.86. The van der Waals surface area contributed by atoms with Crippen LogP contribution in [-0.4, -0.2) is 36.5 Å². The van der Waals surface area contributed by atoms with E-state index in [1.165, 1.54) is 6.42 Å². The van der Waals surface area contributed by atoms with Crippen LogP contribution in [0.25, 0.3) is 0 Å². The summed E-state index contributed by atoms with van der Waals surface area (Å²) in [4.78, 5) is 0. The van der Waals surface area contributed by atoms with Crippen LogP contribution >= 0.6 is 0 Å². The van der Waals surface area contributed by atoms with Crippen LogP contribution < -0.4 is 5.32 Å². The molecular weight excluding hydrogens is 190 g/mol. The Bertz CT molecular complexity index is 198. The van der Waals surface area contributed by atoms with Gasteiger partial charge in [0.15, 0.2) is 0 Å². The van der Waals surface area contributed by atoms with Crippen molar-refractivity contribution in [3.8, 4) is 0 Å². The number of aliphatic hydroxyl groups is 1. The SMILES string of the molecule is CCC1OCCC1CNC1CCCC1O. The summed E-state index contributed by atoms with van der Waals surface area (Å²) in [6.07, 6.45) is 5.87. The Morgan fingerprint density at radius 2 is 2.20 bits per heavy atom. The summed E-state index contributed by atoms with van der Waals surface area (Å²) in [6, 6.07) is 0.336. The van der Waals surface area contributed by atoms with Crippen molar-refractivity contribution >= 4 is 0 Å². The van der Waals surface area contributed by atoms with Gasteiger partial charge in [-0.05, 0) is 38.0 Å². The highest BCUT2D eigenvalue weighted by molar-refractivity contribution is 4.85. The monoisotopic (exact) mass is 213 g/mol. The maximum absolute atomic E-state index is 9.69. The molecular formula is C12H23NO2. The van der Waals surface area contributed by atoms with Gasteiger partial charge in [-0.15, -0.1) is 0 Å². The van der Waals surface area contributed by atoms with Gasteiger partial charge in [0.25, 0.3) is 0 Å². The van der Waals surface area contributed by atoms with Crippen molar-refractivity contribution in [1.82, 2.24) is 5.32 Å². The Morgan fingerprint density at radius 1 is 1.33 bits per heavy atom. The zero-order valence-electron chi connectivity index (χ0n) is 9.61. The number of hydrogen-bond donors (Lipinski definition) is 2. The summed E-state index contributed by atoms with van der Waals surface area (Å²) in [5.41, 5.74) is 0. The van der Waals surface area contributed by atoms with Crippen LogP contribution in [-0.2, 0) is 4.74 Å². The Kier molecular flexibility index (Phi) is 4.00. The molecule has 2 aliphatic rings. The zero-order valence-corrected chi connectivity index (χ0v) is 9.61. The molecule has 0 bridgehead atoms. The Balaban J connectivity index is 1.72. The molecule has 3 heteroatoms. The molecule has 1 aliphatic heterocycles. The second kappa shape index (κ2) is 5.28. The van der Waals surface area contributed by atoms with Crippen molar-refractivity contribution in [3.05, 3.63) is 0 Å². The number of nitrogens with one attached hydrogen (secondary N) is 1. The molecule has 3 nitrogen and oxygen atoms in total. The lowest BCUT2D eigenvalue weighted by Crippen LogP contribution is -2.40. The van der Waals surface area contributed by atoms with Crippen LogP contribution in [0, 0.1) is 5.92 Å². The topological polar surface area (TPSA) is 41.5 Å². The maximum atomic E-state index is 9.69. The van der Waals surface area contributed by atoms with E-state index in [0.29, 0.717) is 18.1 Å². The Labute approximate surface area is 92.2 Å². The van der Waals surface area contributed by atoms with E-state index in [1.807, 2.05) is 0 Å². The fourth-order valence-electron chi connectivity index (χ4n) is 2.86. The van der Waals surface area contributed by atoms with Gasteiger partial charge in [-0.1, -0.05) is 6.92 Å². The highest BCUT2D eigenvalue weighted by Gasteiger charge is 2.29. The van der Waals surface area contributed by atoms with Crippen LogP contribution in [0.3, 0.4) is 0 Å². The summed E-state index contributed by atoms with van der Waals surface area (Å²) < 4.78 is 5.65. The second-order valence-electron chi connectivity index (χ2n) is 4.88. The first-order valence-electron chi connectivity index (χ1n) is 6.34. The lowest BCUT2D eigenvalue weighted by Gasteiger charge is -2.22. The molecule has 4 unspecified atom stereocenters. The third-order valence-electron chi connectivity index (χ3n) is 3.87. The Morgan fingerprint density at radius 3 is 2.87 bits per heavy atom. The predicted octanol–water partition coefficient (Wildman–Crippen LogP) is 1.30. The van der Waals surface area contributed by atoms with E-state index in [0.717, 1.165) is 38.8 Å². The van der Waals surface area contributed by atoms with Crippen molar-refractivity contribution in [2.24, 2.45) is 5.92 Å². The molecule has 1 saturated carbocycles. The lowest BCUT2D eigenvalue weighted by atomic mass is 9.99. The minimum atomic E-state index is -0.118. The van der Waals surface area contributed by atoms with E-state index in [9.17, 15) is 5.11 Å². The van der Waals surface area contributed by atoms with Gasteiger partial charge in [0.05, 0.1) is 12.2 Å². The lowest BCUT2D eigenvalue weighted by molar-refractivity contribution is 0.0837. The van der Waals surface area contributed by atoms with Gasteiger partial charge in [0.2, 0.25) is 0 Å². The summed E-state index contributed by atoms with van der Waals surface area (Å²) in [6.45, 7) is 4.12. The first kappa shape index (κ1) is 11.4. The van der Waals surface area contributed by atoms with E-state index in [1.54, 1.807) is 0 Å². The van der Waals surface area contributed by atoms with Crippen LogP contribution in [0.1, 0.15) is 39.0 Å². The number of ether oxygens (including phenoxy) is 1. The smallest absolute Gasteiger partial charge is 0.0693 e. The normalized spacial score (nSPS) is 41.2. The molecule has 0 aromatic carbocycles. The molecule has 2 N–H and O–H groups in total. The highest BCUT2D eigenvalue weighted by atomic mass is 16.5. The van der Waals surface area contributed by atoms with E-state index < -0.39 is 0 Å². The largest absolute Gasteiger partial charge is 0.392 e. The summed E-state index contributed by atoms with van der Waals surface area (Å²) >= 11 is 0. The summed E-state index contributed by atoms with van der Waals surface area (Å²) in [5, 5.41) is 13.2. The van der Waals surface area contributed by atoms with Crippen molar-refractivity contribution < 1.29 is 9.84 Å². The van der Waals surface area contributed by atoms with Gasteiger partial charge in [0, 0.05) is 19.2 Å². The molecule has 4 atom stereocenters. The van der Waals surface area contributed by atoms with Crippen LogP contribution in [0.15, 0.2) is 0 Å². The van der Waals surface area contributed by atoms with Crippen LogP contribution in [0.4, 0.5) is 0 Å². The number of aliphatic hydroxyl groups excluding tert-OH is 1. The molecule has 88 valence electrons. The van der Waals surface area contributed by atoms with Crippen molar-refractivity contribution in [2.75, 3.05) is 13.2 Å². The van der Waals surface area contributed by atoms with Crippen molar-refractivity contribution in [2.45, 2.75) is 57.3 Å². The first-order valence-corrected chi connectivity index (χ1v) is 6.34. The minimum Gasteiger partial charge on any atom is -0.392 e. The molecule has 1 aliphatic carbocycles. The van der Waals surface area contributed by atoms with Crippen LogP contribution in [0.5, 0.6) is 0 Å². The zero-order chi connectivity index (χ0) is 10.7. The molecule has 2 fully saturated rings. The average Bonchev–Trinajstić information content (AvgIpc) is 2.83. The van der Waals surface area contributed by atoms with Gasteiger partial charge in [-0.3, -0.25) is 0 Å². The standard InChI is InChI=1S/C12H23NO2/c1-2-12-9(6-7-15-12)8-13-10-4-3-5-11(10)14/h9-14H,2-8H2,1H3. The fraction of sp³-hybridized carbons (Fsp3) is 1.00. The van der Waals surface area contributed by atoms with E-state index in [4.69, 9.17) is 4.74 Å². The molecule has 2 rings (SSSR count). The molecule has 0 amide bonds. The quantitative estimate of drug-likeness (QED) is 0.739. The van der Waals surface area contributed by atoms with Crippen molar-refractivity contribution in [1.29, 1.82) is 0 Å². The minimum absolute atomic E-state index is 0.118. The number of hydrogen-bond acceptors (Lipinski definition) is 3. The molecule has 0 aromatic rings. The third kappa shape index (κ3) is 2.71. The van der Waals surface area contributed by atoms with Gasteiger partial charge in [-0.2, -0.15) is 0 Å². The van der Waals surface area contributed by atoms with E-state index in [-0.39, 0.29) is 6.10 Å². The van der Waals surface area contributed by atoms with Gasteiger partial charge in [-0.25, -0.2) is 0 Å². The molecule has 0 spiro atoms. The molecule has 1 heterocycles. The van der Waals surface area contributed by atoms with Gasteiger partial charge < -0.3 is 15.2 Å². The van der Waals surface area contributed by atoms with E-state index in [2.05, 4.69) is 12.2 Å². The maximum Gasteiger partial charge on any atom is 0.0693 e.